The van der Waals surface area contributed by atoms with Gasteiger partial charge in [-0.25, -0.2) is 0 Å². The molecule has 0 radical (unpaired) electrons. The Morgan fingerprint density at radius 1 is 1.14 bits per heavy atom. The third-order valence-electron chi connectivity index (χ3n) is 3.59. The summed E-state index contributed by atoms with van der Waals surface area (Å²) in [7, 11) is 0. The highest BCUT2D eigenvalue weighted by molar-refractivity contribution is 5.87. The van der Waals surface area contributed by atoms with E-state index >= 15 is 0 Å². The molecule has 2 amide bonds. The first kappa shape index (κ1) is 18.2. The average Bonchev–Trinajstić information content (AvgIpc) is 2.47. The van der Waals surface area contributed by atoms with Crippen LogP contribution in [-0.2, 0) is 16.1 Å². The van der Waals surface area contributed by atoms with Crippen molar-refractivity contribution in [3.05, 3.63) is 35.4 Å². The lowest BCUT2D eigenvalue weighted by molar-refractivity contribution is -0.141. The number of hydrogen-bond acceptors (Lipinski definition) is 2. The van der Waals surface area contributed by atoms with Crippen LogP contribution in [0.15, 0.2) is 24.3 Å². The molecule has 0 aromatic heterocycles. The van der Waals surface area contributed by atoms with Crippen LogP contribution >= 0.6 is 0 Å². The fourth-order valence-electron chi connectivity index (χ4n) is 2.39. The zero-order valence-electron chi connectivity index (χ0n) is 14.3. The highest BCUT2D eigenvalue weighted by Gasteiger charge is 2.27. The Labute approximate surface area is 133 Å². The molecule has 4 heteroatoms. The molecule has 0 aliphatic carbocycles. The lowest BCUT2D eigenvalue weighted by Crippen LogP contribution is -2.50. The largest absolute Gasteiger partial charge is 0.352 e. The monoisotopic (exact) mass is 304 g/mol. The Kier molecular flexibility index (Phi) is 7.09. The second kappa shape index (κ2) is 8.57. The highest BCUT2D eigenvalue weighted by atomic mass is 16.2. The summed E-state index contributed by atoms with van der Waals surface area (Å²) in [5.74, 6) is -0.0715. The van der Waals surface area contributed by atoms with Gasteiger partial charge in [0.2, 0.25) is 11.8 Å². The van der Waals surface area contributed by atoms with Crippen molar-refractivity contribution in [2.45, 2.75) is 66.1 Å². The Balaban J connectivity index is 2.97. The molecule has 0 saturated heterocycles. The summed E-state index contributed by atoms with van der Waals surface area (Å²) in [5, 5.41) is 2.92. The van der Waals surface area contributed by atoms with Crippen LogP contribution in [0.25, 0.3) is 0 Å². The molecule has 0 aliphatic rings. The molecule has 0 unspecified atom stereocenters. The Bertz CT molecular complexity index is 494. The van der Waals surface area contributed by atoms with Crippen molar-refractivity contribution in [1.29, 1.82) is 0 Å². The molecule has 22 heavy (non-hydrogen) atoms. The average molecular weight is 304 g/mol. The molecular weight excluding hydrogens is 276 g/mol. The summed E-state index contributed by atoms with van der Waals surface area (Å²) in [5.41, 5.74) is 2.23. The number of amides is 2. The van der Waals surface area contributed by atoms with Crippen molar-refractivity contribution in [3.8, 4) is 0 Å². The quantitative estimate of drug-likeness (QED) is 0.841. The number of aryl methyl sites for hydroxylation is 1. The summed E-state index contributed by atoms with van der Waals surface area (Å²) in [6, 6.07) is 7.73. The van der Waals surface area contributed by atoms with Gasteiger partial charge in [-0.2, -0.15) is 0 Å². The molecule has 1 aromatic carbocycles. The van der Waals surface area contributed by atoms with Gasteiger partial charge in [-0.05, 0) is 32.8 Å². The van der Waals surface area contributed by atoms with Crippen molar-refractivity contribution < 1.29 is 9.59 Å². The maximum atomic E-state index is 12.4. The smallest absolute Gasteiger partial charge is 0.243 e. The van der Waals surface area contributed by atoms with Gasteiger partial charge in [0.15, 0.2) is 0 Å². The van der Waals surface area contributed by atoms with Crippen LogP contribution in [0, 0.1) is 6.92 Å². The van der Waals surface area contributed by atoms with Crippen molar-refractivity contribution in [1.82, 2.24) is 10.2 Å². The number of hydrogen-bond donors (Lipinski definition) is 1. The Hall–Kier alpha value is -1.84. The molecule has 0 spiro atoms. The molecule has 1 N–H and O–H groups in total. The maximum Gasteiger partial charge on any atom is 0.243 e. The third kappa shape index (κ3) is 5.17. The first-order chi connectivity index (χ1) is 10.4. The van der Waals surface area contributed by atoms with E-state index in [4.69, 9.17) is 0 Å². The maximum absolute atomic E-state index is 12.4. The van der Waals surface area contributed by atoms with E-state index in [9.17, 15) is 9.59 Å². The Morgan fingerprint density at radius 2 is 1.73 bits per heavy atom. The molecule has 1 aromatic rings. The molecule has 0 fully saturated rings. The minimum Gasteiger partial charge on any atom is -0.352 e. The summed E-state index contributed by atoms with van der Waals surface area (Å²) >= 11 is 0. The van der Waals surface area contributed by atoms with Crippen LogP contribution in [0.2, 0.25) is 0 Å². The SMILES string of the molecule is CCC(=O)N(Cc1ccc(C)cc1)[C@@H](CC)C(=O)NC(C)C. The van der Waals surface area contributed by atoms with Crippen LogP contribution in [0.1, 0.15) is 51.7 Å². The van der Waals surface area contributed by atoms with E-state index in [0.29, 0.717) is 19.4 Å². The molecule has 122 valence electrons. The lowest BCUT2D eigenvalue weighted by Gasteiger charge is -2.31. The van der Waals surface area contributed by atoms with Crippen molar-refractivity contribution in [2.75, 3.05) is 0 Å². The minimum absolute atomic E-state index is 0.00586. The van der Waals surface area contributed by atoms with Crippen LogP contribution in [0.3, 0.4) is 0 Å². The van der Waals surface area contributed by atoms with E-state index in [1.54, 1.807) is 4.90 Å². The van der Waals surface area contributed by atoms with E-state index in [-0.39, 0.29) is 17.9 Å². The van der Waals surface area contributed by atoms with Gasteiger partial charge in [0.05, 0.1) is 0 Å². The van der Waals surface area contributed by atoms with Gasteiger partial charge < -0.3 is 10.2 Å². The van der Waals surface area contributed by atoms with E-state index < -0.39 is 6.04 Å². The van der Waals surface area contributed by atoms with Crippen LogP contribution in [0.5, 0.6) is 0 Å². The lowest BCUT2D eigenvalue weighted by atomic mass is 10.1. The molecule has 1 rings (SSSR count). The van der Waals surface area contributed by atoms with Crippen molar-refractivity contribution >= 4 is 11.8 Å². The molecule has 0 bridgehead atoms. The number of carbonyl (C=O) groups excluding carboxylic acids is 2. The summed E-state index contributed by atoms with van der Waals surface area (Å²) in [6.07, 6.45) is 1.01. The van der Waals surface area contributed by atoms with E-state index in [1.807, 2.05) is 58.9 Å². The molecule has 0 saturated carbocycles. The van der Waals surface area contributed by atoms with Crippen molar-refractivity contribution in [2.24, 2.45) is 0 Å². The van der Waals surface area contributed by atoms with E-state index in [1.165, 1.54) is 5.56 Å². The van der Waals surface area contributed by atoms with Gasteiger partial charge in [-0.15, -0.1) is 0 Å². The predicted molar refractivity (Wildman–Crippen MR) is 89.4 cm³/mol. The van der Waals surface area contributed by atoms with E-state index in [0.717, 1.165) is 5.56 Å². The topological polar surface area (TPSA) is 49.4 Å². The van der Waals surface area contributed by atoms with Crippen LogP contribution in [0.4, 0.5) is 0 Å². The molecule has 4 nitrogen and oxygen atoms in total. The predicted octanol–water partition coefficient (Wildman–Crippen LogP) is 3.04. The number of benzene rings is 1. The number of nitrogens with one attached hydrogen (secondary N) is 1. The third-order valence-corrected chi connectivity index (χ3v) is 3.59. The highest BCUT2D eigenvalue weighted by Crippen LogP contribution is 2.14. The van der Waals surface area contributed by atoms with Crippen LogP contribution in [-0.4, -0.2) is 28.8 Å². The summed E-state index contributed by atoms with van der Waals surface area (Å²) in [4.78, 5) is 26.4. The van der Waals surface area contributed by atoms with Gasteiger partial charge in [-0.3, -0.25) is 9.59 Å². The zero-order chi connectivity index (χ0) is 16.7. The molecule has 0 heterocycles. The normalized spacial score (nSPS) is 12.1. The van der Waals surface area contributed by atoms with Gasteiger partial charge in [0.1, 0.15) is 6.04 Å². The second-order valence-electron chi connectivity index (χ2n) is 5.95. The van der Waals surface area contributed by atoms with Crippen molar-refractivity contribution in [3.63, 3.8) is 0 Å². The van der Waals surface area contributed by atoms with E-state index in [2.05, 4.69) is 5.32 Å². The standard InChI is InChI=1S/C18H28N2O2/c1-6-16(18(22)19-13(3)4)20(17(21)7-2)12-15-10-8-14(5)9-11-15/h8-11,13,16H,6-7,12H2,1-5H3,(H,19,22)/t16-/m0/s1. The number of nitrogens with zero attached hydrogens (tertiary/aromatic N) is 1. The first-order valence-corrected chi connectivity index (χ1v) is 8.04. The molecule has 0 aliphatic heterocycles. The van der Waals surface area contributed by atoms with Gasteiger partial charge in [-0.1, -0.05) is 43.7 Å². The van der Waals surface area contributed by atoms with Gasteiger partial charge in [0.25, 0.3) is 0 Å². The second-order valence-corrected chi connectivity index (χ2v) is 5.95. The summed E-state index contributed by atoms with van der Waals surface area (Å²) < 4.78 is 0. The number of carbonyl (C=O) groups is 2. The molecule has 1 atom stereocenters. The molecular formula is C18H28N2O2. The Morgan fingerprint density at radius 3 is 2.18 bits per heavy atom. The fraction of sp³-hybridized carbons (Fsp3) is 0.556. The zero-order valence-corrected chi connectivity index (χ0v) is 14.3. The van der Waals surface area contributed by atoms with Crippen LogP contribution < -0.4 is 5.32 Å². The summed E-state index contributed by atoms with van der Waals surface area (Å²) in [6.45, 7) is 10.1. The number of rotatable bonds is 7. The minimum atomic E-state index is -0.420. The van der Waals surface area contributed by atoms with Gasteiger partial charge in [0, 0.05) is 19.0 Å². The fourth-order valence-corrected chi connectivity index (χ4v) is 2.39. The van der Waals surface area contributed by atoms with Gasteiger partial charge >= 0.3 is 0 Å². The first-order valence-electron chi connectivity index (χ1n) is 8.04.